The van der Waals surface area contributed by atoms with Gasteiger partial charge in [0.2, 0.25) is 0 Å². The van der Waals surface area contributed by atoms with E-state index in [0.29, 0.717) is 11.1 Å². The van der Waals surface area contributed by atoms with Crippen molar-refractivity contribution in [1.29, 1.82) is 0 Å². The molecule has 2 aromatic rings. The molecule has 0 saturated carbocycles. The largest absolute Gasteiger partial charge is 0.484 e. The van der Waals surface area contributed by atoms with Gasteiger partial charge in [-0.25, -0.2) is 4.98 Å². The van der Waals surface area contributed by atoms with Crippen LogP contribution in [0.1, 0.15) is 13.3 Å². The van der Waals surface area contributed by atoms with E-state index in [1.165, 1.54) is 11.3 Å². The molecule has 1 atom stereocenters. The lowest BCUT2D eigenvalue weighted by Gasteiger charge is -2.25. The highest BCUT2D eigenvalue weighted by molar-refractivity contribution is 7.22. The van der Waals surface area contributed by atoms with Crippen LogP contribution in [0.2, 0.25) is 4.47 Å². The number of thiazole rings is 1. The summed E-state index contributed by atoms with van der Waals surface area (Å²) in [4.78, 5) is 4.21. The zero-order valence-electron chi connectivity index (χ0n) is 8.70. The smallest absolute Gasteiger partial charge is 0.184 e. The van der Waals surface area contributed by atoms with Crippen LogP contribution in [-0.4, -0.2) is 17.7 Å². The Morgan fingerprint density at radius 2 is 2.44 bits per heavy atom. The molecule has 0 unspecified atom stereocenters. The van der Waals surface area contributed by atoms with E-state index in [-0.39, 0.29) is 6.10 Å². The van der Waals surface area contributed by atoms with Crippen LogP contribution in [0.4, 0.5) is 0 Å². The molecule has 3 rings (SSSR count). The van der Waals surface area contributed by atoms with E-state index >= 15 is 0 Å². The van der Waals surface area contributed by atoms with E-state index in [2.05, 4.69) is 11.9 Å². The van der Waals surface area contributed by atoms with Crippen molar-refractivity contribution >= 4 is 33.2 Å². The van der Waals surface area contributed by atoms with Crippen molar-refractivity contribution in [1.82, 2.24) is 4.98 Å². The molecule has 0 fully saturated rings. The predicted octanol–water partition coefficient (Wildman–Crippen LogP) is 3.50. The third-order valence-electron chi connectivity index (χ3n) is 2.61. The topological polar surface area (TPSA) is 31.4 Å². The summed E-state index contributed by atoms with van der Waals surface area (Å²) >= 11 is 7.32. The average Bonchev–Trinajstić information content (AvgIpc) is 2.69. The van der Waals surface area contributed by atoms with Gasteiger partial charge in [-0.15, -0.1) is 0 Å². The Hall–Kier alpha value is -1.00. The second kappa shape index (κ2) is 3.79. The summed E-state index contributed by atoms with van der Waals surface area (Å²) in [6.07, 6.45) is 1.09. The van der Waals surface area contributed by atoms with Crippen molar-refractivity contribution in [3.63, 3.8) is 0 Å². The van der Waals surface area contributed by atoms with Gasteiger partial charge in [0.05, 0.1) is 5.52 Å². The minimum absolute atomic E-state index is 0.147. The Kier molecular flexibility index (Phi) is 2.41. The van der Waals surface area contributed by atoms with E-state index in [9.17, 15) is 0 Å². The molecule has 0 aliphatic carbocycles. The summed E-state index contributed by atoms with van der Waals surface area (Å²) in [6, 6.07) is 3.81. The molecule has 0 radical (unpaired) electrons. The Morgan fingerprint density at radius 3 is 3.25 bits per heavy atom. The van der Waals surface area contributed by atoms with Crippen LogP contribution in [-0.2, 0) is 0 Å². The first-order chi connectivity index (χ1) is 7.78. The van der Waals surface area contributed by atoms with Crippen LogP contribution < -0.4 is 9.47 Å². The lowest BCUT2D eigenvalue weighted by Crippen LogP contribution is -2.28. The highest BCUT2D eigenvalue weighted by Gasteiger charge is 2.23. The van der Waals surface area contributed by atoms with Gasteiger partial charge in [0.1, 0.15) is 17.4 Å². The van der Waals surface area contributed by atoms with Crippen LogP contribution in [0.5, 0.6) is 11.5 Å². The number of halogens is 1. The fourth-order valence-electron chi connectivity index (χ4n) is 1.74. The van der Waals surface area contributed by atoms with Gasteiger partial charge in [-0.05, 0) is 18.6 Å². The molecule has 1 aromatic heterocycles. The maximum Gasteiger partial charge on any atom is 0.184 e. The zero-order chi connectivity index (χ0) is 11.1. The lowest BCUT2D eigenvalue weighted by atomic mass is 10.2. The first kappa shape index (κ1) is 10.2. The first-order valence-electron chi connectivity index (χ1n) is 5.16. The van der Waals surface area contributed by atoms with Crippen molar-refractivity contribution in [2.45, 2.75) is 19.4 Å². The van der Waals surface area contributed by atoms with Gasteiger partial charge in [-0.1, -0.05) is 29.9 Å². The molecule has 1 aromatic carbocycles. The number of benzene rings is 1. The van der Waals surface area contributed by atoms with Gasteiger partial charge in [0.25, 0.3) is 0 Å². The van der Waals surface area contributed by atoms with Crippen molar-refractivity contribution in [2.24, 2.45) is 0 Å². The Balaban J connectivity index is 2.13. The highest BCUT2D eigenvalue weighted by atomic mass is 35.5. The van der Waals surface area contributed by atoms with Gasteiger partial charge in [-0.2, -0.15) is 0 Å². The molecule has 1 aliphatic heterocycles. The molecule has 0 spiro atoms. The Labute approximate surface area is 102 Å². The maximum atomic E-state index is 5.89. The molecule has 2 heterocycles. The monoisotopic (exact) mass is 255 g/mol. The lowest BCUT2D eigenvalue weighted by molar-refractivity contribution is 0.0902. The molecule has 16 heavy (non-hydrogen) atoms. The minimum Gasteiger partial charge on any atom is -0.484 e. The van der Waals surface area contributed by atoms with Crippen LogP contribution in [0, 0.1) is 0 Å². The second-order valence-corrected chi connectivity index (χ2v) is 5.25. The van der Waals surface area contributed by atoms with E-state index < -0.39 is 0 Å². The molecule has 3 nitrogen and oxygen atoms in total. The van der Waals surface area contributed by atoms with Crippen LogP contribution in [0.15, 0.2) is 12.1 Å². The SMILES string of the molecule is CC[C@H]1COc2c(ccc3nc(Cl)sc23)O1. The number of hydrogen-bond donors (Lipinski definition) is 0. The molecule has 0 bridgehead atoms. The van der Waals surface area contributed by atoms with Crippen molar-refractivity contribution in [3.8, 4) is 11.5 Å². The standard InChI is InChI=1S/C11H10ClNO2S/c1-2-6-5-14-9-8(15-6)4-3-7-10(9)16-11(12)13-7/h3-4,6H,2,5H2,1H3/t6-/m0/s1. The van der Waals surface area contributed by atoms with Crippen molar-refractivity contribution in [2.75, 3.05) is 6.61 Å². The summed E-state index contributed by atoms with van der Waals surface area (Å²) in [5.41, 5.74) is 0.868. The van der Waals surface area contributed by atoms with Crippen LogP contribution in [0.3, 0.4) is 0 Å². The summed E-state index contributed by atoms with van der Waals surface area (Å²) in [7, 11) is 0. The van der Waals surface area contributed by atoms with E-state index in [0.717, 1.165) is 28.1 Å². The third-order valence-corrected chi connectivity index (χ3v) is 3.79. The molecular formula is C11H10ClNO2S. The van der Waals surface area contributed by atoms with Gasteiger partial charge >= 0.3 is 0 Å². The predicted molar refractivity (Wildman–Crippen MR) is 64.8 cm³/mol. The number of nitrogens with zero attached hydrogens (tertiary/aromatic N) is 1. The average molecular weight is 256 g/mol. The van der Waals surface area contributed by atoms with E-state index in [4.69, 9.17) is 21.1 Å². The van der Waals surface area contributed by atoms with Crippen LogP contribution >= 0.6 is 22.9 Å². The van der Waals surface area contributed by atoms with Crippen LogP contribution in [0.25, 0.3) is 10.2 Å². The van der Waals surface area contributed by atoms with E-state index in [1.54, 1.807) is 0 Å². The number of rotatable bonds is 1. The van der Waals surface area contributed by atoms with Gasteiger partial charge in [0.15, 0.2) is 16.0 Å². The summed E-state index contributed by atoms with van der Waals surface area (Å²) in [6.45, 7) is 2.68. The molecule has 5 heteroatoms. The maximum absolute atomic E-state index is 5.89. The summed E-state index contributed by atoms with van der Waals surface area (Å²) in [5.74, 6) is 1.58. The van der Waals surface area contributed by atoms with Gasteiger partial charge in [-0.3, -0.25) is 0 Å². The Bertz CT molecular complexity index is 540. The van der Waals surface area contributed by atoms with Crippen molar-refractivity contribution < 1.29 is 9.47 Å². The molecule has 0 N–H and O–H groups in total. The minimum atomic E-state index is 0.147. The molecule has 0 saturated heterocycles. The van der Waals surface area contributed by atoms with E-state index in [1.807, 2.05) is 12.1 Å². The summed E-state index contributed by atoms with van der Waals surface area (Å²) < 4.78 is 13.1. The quantitative estimate of drug-likeness (QED) is 0.782. The fraction of sp³-hybridized carbons (Fsp3) is 0.364. The molecule has 1 aliphatic rings. The second-order valence-electron chi connectivity index (χ2n) is 3.67. The highest BCUT2D eigenvalue weighted by Crippen LogP contribution is 2.42. The molecule has 0 amide bonds. The Morgan fingerprint density at radius 1 is 1.56 bits per heavy atom. The number of ether oxygens (including phenoxy) is 2. The summed E-state index contributed by atoms with van der Waals surface area (Å²) in [5, 5.41) is 0. The first-order valence-corrected chi connectivity index (χ1v) is 6.36. The zero-order valence-corrected chi connectivity index (χ0v) is 10.3. The van der Waals surface area contributed by atoms with Gasteiger partial charge in [0, 0.05) is 0 Å². The fourth-order valence-corrected chi connectivity index (χ4v) is 2.85. The number of fused-ring (bicyclic) bond motifs is 3. The third kappa shape index (κ3) is 1.53. The number of aromatic nitrogens is 1. The molecule has 84 valence electrons. The van der Waals surface area contributed by atoms with Gasteiger partial charge < -0.3 is 9.47 Å². The van der Waals surface area contributed by atoms with Crippen molar-refractivity contribution in [3.05, 3.63) is 16.6 Å². The molecular weight excluding hydrogens is 246 g/mol. The normalized spacial score (nSPS) is 19.0. The number of hydrogen-bond acceptors (Lipinski definition) is 4.